The number of carbonyl (C=O) groups excluding carboxylic acids is 2. The van der Waals surface area contributed by atoms with Crippen LogP contribution < -0.4 is 21.0 Å². The lowest BCUT2D eigenvalue weighted by Gasteiger charge is -2.20. The molecule has 8 nitrogen and oxygen atoms in total. The van der Waals surface area contributed by atoms with Gasteiger partial charge in [-0.05, 0) is 37.1 Å². The Balaban J connectivity index is 1.47. The number of rotatable bonds is 5. The smallest absolute Gasteiger partial charge is 0.272 e. The second kappa shape index (κ2) is 7.67. The van der Waals surface area contributed by atoms with Crippen molar-refractivity contribution >= 4 is 34.7 Å². The van der Waals surface area contributed by atoms with Gasteiger partial charge in [0, 0.05) is 19.5 Å². The fourth-order valence-electron chi connectivity index (χ4n) is 3.48. The predicted molar refractivity (Wildman–Crippen MR) is 108 cm³/mol. The van der Waals surface area contributed by atoms with Crippen LogP contribution in [0.3, 0.4) is 0 Å². The monoisotopic (exact) mass is 378 g/mol. The number of nitrogens with zero attached hydrogens (tertiary/aromatic N) is 4. The molecule has 2 aromatic rings. The third-order valence-electron chi connectivity index (χ3n) is 4.96. The minimum atomic E-state index is -0.682. The molecule has 1 aromatic heterocycles. The van der Waals surface area contributed by atoms with E-state index in [2.05, 4.69) is 20.3 Å². The SMILES string of the molecule is NC(=O)C1CC(C(=O)Nc2ccc(N3CCCC3)nc2)=NN1c1ccccc1. The van der Waals surface area contributed by atoms with Crippen molar-refractivity contribution < 1.29 is 9.59 Å². The summed E-state index contributed by atoms with van der Waals surface area (Å²) in [6.07, 6.45) is 4.16. The summed E-state index contributed by atoms with van der Waals surface area (Å²) in [5.41, 5.74) is 7.08. The number of primary amides is 1. The van der Waals surface area contributed by atoms with Gasteiger partial charge in [-0.3, -0.25) is 14.6 Å². The topological polar surface area (TPSA) is 104 Å². The number of amides is 2. The molecular formula is C20H22N6O2. The van der Waals surface area contributed by atoms with Crippen LogP contribution in [0.5, 0.6) is 0 Å². The van der Waals surface area contributed by atoms with Crippen molar-refractivity contribution in [1.29, 1.82) is 0 Å². The number of anilines is 3. The van der Waals surface area contributed by atoms with E-state index in [4.69, 9.17) is 5.73 Å². The van der Waals surface area contributed by atoms with Gasteiger partial charge in [-0.1, -0.05) is 18.2 Å². The Kier molecular flexibility index (Phi) is 4.92. The average Bonchev–Trinajstić information content (AvgIpc) is 3.39. The van der Waals surface area contributed by atoms with E-state index in [9.17, 15) is 9.59 Å². The molecule has 8 heteroatoms. The summed E-state index contributed by atoms with van der Waals surface area (Å²) >= 11 is 0. The van der Waals surface area contributed by atoms with Gasteiger partial charge in [-0.15, -0.1) is 0 Å². The van der Waals surface area contributed by atoms with Crippen molar-refractivity contribution in [2.75, 3.05) is 28.3 Å². The predicted octanol–water partition coefficient (Wildman–Crippen LogP) is 1.74. The van der Waals surface area contributed by atoms with Crippen molar-refractivity contribution in [3.63, 3.8) is 0 Å². The Morgan fingerprint density at radius 3 is 2.46 bits per heavy atom. The lowest BCUT2D eigenvalue weighted by atomic mass is 10.1. The van der Waals surface area contributed by atoms with Crippen LogP contribution in [0.2, 0.25) is 0 Å². The van der Waals surface area contributed by atoms with Crippen molar-refractivity contribution in [2.45, 2.75) is 25.3 Å². The molecule has 1 unspecified atom stereocenters. The van der Waals surface area contributed by atoms with E-state index >= 15 is 0 Å². The zero-order valence-electron chi connectivity index (χ0n) is 15.4. The van der Waals surface area contributed by atoms with Crippen LogP contribution in [-0.4, -0.2) is 41.6 Å². The van der Waals surface area contributed by atoms with Crippen LogP contribution in [0, 0.1) is 0 Å². The molecular weight excluding hydrogens is 356 g/mol. The van der Waals surface area contributed by atoms with Gasteiger partial charge in [-0.25, -0.2) is 4.98 Å². The Bertz CT molecular complexity index is 891. The number of nitrogens with one attached hydrogen (secondary N) is 1. The average molecular weight is 378 g/mol. The molecule has 2 aliphatic heterocycles. The van der Waals surface area contributed by atoms with E-state index in [-0.39, 0.29) is 18.0 Å². The first-order valence-corrected chi connectivity index (χ1v) is 9.35. The fraction of sp³-hybridized carbons (Fsp3) is 0.300. The minimum absolute atomic E-state index is 0.162. The number of hydrogen-bond donors (Lipinski definition) is 2. The first-order chi connectivity index (χ1) is 13.6. The maximum atomic E-state index is 12.6. The Hall–Kier alpha value is -3.42. The number of hydrazone groups is 1. The highest BCUT2D eigenvalue weighted by molar-refractivity contribution is 6.44. The largest absolute Gasteiger partial charge is 0.368 e. The van der Waals surface area contributed by atoms with Gasteiger partial charge in [0.15, 0.2) is 0 Å². The van der Waals surface area contributed by atoms with E-state index in [1.165, 1.54) is 17.9 Å². The molecule has 1 saturated heterocycles. The molecule has 4 rings (SSSR count). The van der Waals surface area contributed by atoms with Gasteiger partial charge in [-0.2, -0.15) is 5.10 Å². The summed E-state index contributed by atoms with van der Waals surface area (Å²) < 4.78 is 0. The third kappa shape index (κ3) is 3.66. The number of carbonyl (C=O) groups is 2. The Morgan fingerprint density at radius 1 is 1.07 bits per heavy atom. The number of pyridine rings is 1. The fourth-order valence-corrected chi connectivity index (χ4v) is 3.48. The molecule has 2 aliphatic rings. The molecule has 1 aromatic carbocycles. The normalized spacial score (nSPS) is 18.9. The van der Waals surface area contributed by atoms with Gasteiger partial charge in [0.25, 0.3) is 5.91 Å². The highest BCUT2D eigenvalue weighted by atomic mass is 16.2. The summed E-state index contributed by atoms with van der Waals surface area (Å²) in [6, 6.07) is 12.2. The summed E-state index contributed by atoms with van der Waals surface area (Å²) in [6.45, 7) is 2.03. The molecule has 0 aliphatic carbocycles. The van der Waals surface area contributed by atoms with Crippen molar-refractivity contribution in [1.82, 2.24) is 4.98 Å². The van der Waals surface area contributed by atoms with Crippen molar-refractivity contribution in [3.05, 3.63) is 48.7 Å². The standard InChI is InChI=1S/C20H22N6O2/c21-19(27)17-12-16(24-26(17)15-6-2-1-3-7-15)20(28)23-14-8-9-18(22-13-14)25-10-4-5-11-25/h1-3,6-9,13,17H,4-5,10-12H2,(H2,21,27)(H,23,28). The van der Waals surface area contributed by atoms with Crippen molar-refractivity contribution in [3.8, 4) is 0 Å². The van der Waals surface area contributed by atoms with E-state index in [0.29, 0.717) is 11.4 Å². The van der Waals surface area contributed by atoms with Gasteiger partial charge in [0.05, 0.1) is 17.6 Å². The lowest BCUT2D eigenvalue weighted by Crippen LogP contribution is -2.39. The zero-order valence-corrected chi connectivity index (χ0v) is 15.4. The Morgan fingerprint density at radius 2 is 1.82 bits per heavy atom. The first kappa shape index (κ1) is 18.0. The molecule has 0 bridgehead atoms. The van der Waals surface area contributed by atoms with Crippen LogP contribution in [0.15, 0.2) is 53.8 Å². The molecule has 0 spiro atoms. The summed E-state index contributed by atoms with van der Waals surface area (Å²) in [5.74, 6) is 0.0326. The quantitative estimate of drug-likeness (QED) is 0.825. The third-order valence-corrected chi connectivity index (χ3v) is 4.96. The molecule has 144 valence electrons. The highest BCUT2D eigenvalue weighted by Gasteiger charge is 2.35. The molecule has 3 N–H and O–H groups in total. The minimum Gasteiger partial charge on any atom is -0.368 e. The number of hydrogen-bond acceptors (Lipinski definition) is 6. The first-order valence-electron chi connectivity index (χ1n) is 9.35. The van der Waals surface area contributed by atoms with Crippen LogP contribution in [-0.2, 0) is 9.59 Å². The van der Waals surface area contributed by atoms with Gasteiger partial charge >= 0.3 is 0 Å². The number of para-hydroxylation sites is 1. The number of aromatic nitrogens is 1. The molecule has 2 amide bonds. The maximum absolute atomic E-state index is 12.6. The molecule has 3 heterocycles. The molecule has 0 saturated carbocycles. The second-order valence-electron chi connectivity index (χ2n) is 6.90. The van der Waals surface area contributed by atoms with Crippen LogP contribution in [0.25, 0.3) is 0 Å². The van der Waals surface area contributed by atoms with Crippen LogP contribution >= 0.6 is 0 Å². The number of benzene rings is 1. The zero-order chi connectivity index (χ0) is 19.5. The van der Waals surface area contributed by atoms with Gasteiger partial charge < -0.3 is 16.0 Å². The lowest BCUT2D eigenvalue weighted by molar-refractivity contribution is -0.119. The van der Waals surface area contributed by atoms with Crippen LogP contribution in [0.1, 0.15) is 19.3 Å². The summed E-state index contributed by atoms with van der Waals surface area (Å²) in [5, 5.41) is 8.66. The summed E-state index contributed by atoms with van der Waals surface area (Å²) in [7, 11) is 0. The molecule has 0 radical (unpaired) electrons. The second-order valence-corrected chi connectivity index (χ2v) is 6.90. The highest BCUT2D eigenvalue weighted by Crippen LogP contribution is 2.25. The number of nitrogens with two attached hydrogens (primary N) is 1. The van der Waals surface area contributed by atoms with Gasteiger partial charge in [0.2, 0.25) is 5.91 Å². The van der Waals surface area contributed by atoms with Crippen molar-refractivity contribution in [2.24, 2.45) is 10.8 Å². The molecule has 28 heavy (non-hydrogen) atoms. The van der Waals surface area contributed by atoms with Crippen LogP contribution in [0.4, 0.5) is 17.2 Å². The Labute approximate surface area is 163 Å². The maximum Gasteiger partial charge on any atom is 0.272 e. The van der Waals surface area contributed by atoms with E-state index in [1.807, 2.05) is 42.5 Å². The van der Waals surface area contributed by atoms with Gasteiger partial charge in [0.1, 0.15) is 17.6 Å². The summed E-state index contributed by atoms with van der Waals surface area (Å²) in [4.78, 5) is 31.1. The van der Waals surface area contributed by atoms with E-state index < -0.39 is 11.9 Å². The van der Waals surface area contributed by atoms with E-state index in [1.54, 1.807) is 6.20 Å². The molecule has 1 atom stereocenters. The van der Waals surface area contributed by atoms with E-state index in [0.717, 1.165) is 18.9 Å². The molecule has 1 fully saturated rings.